The molecule has 0 aliphatic heterocycles. The number of fused-ring (bicyclic) bond motifs is 1. The van der Waals surface area contributed by atoms with E-state index < -0.39 is 17.9 Å². The number of carboxylic acids is 3. The first kappa shape index (κ1) is 30.6. The summed E-state index contributed by atoms with van der Waals surface area (Å²) in [7, 11) is 0. The molecule has 5 rings (SSSR count). The molecular formula is C30H22O6Ti. The number of carbonyl (C=O) groups is 3. The van der Waals surface area contributed by atoms with Gasteiger partial charge in [-0.2, -0.15) is 17.5 Å². The summed E-state index contributed by atoms with van der Waals surface area (Å²) >= 11 is 0. The van der Waals surface area contributed by atoms with Crippen molar-refractivity contribution in [3.63, 3.8) is 0 Å². The predicted molar refractivity (Wildman–Crippen MR) is 132 cm³/mol. The molecule has 0 spiro atoms. The molecule has 0 unspecified atom stereocenters. The van der Waals surface area contributed by atoms with Crippen molar-refractivity contribution >= 4 is 28.7 Å². The Kier molecular flexibility index (Phi) is 14.2. The van der Waals surface area contributed by atoms with Gasteiger partial charge in [0.05, 0.1) is 17.9 Å². The monoisotopic (exact) mass is 526 g/mol. The second kappa shape index (κ2) is 17.1. The van der Waals surface area contributed by atoms with Crippen LogP contribution < -0.4 is 15.3 Å². The van der Waals surface area contributed by atoms with Gasteiger partial charge in [-0.3, -0.25) is 0 Å². The Bertz CT molecular complexity index is 1200. The average Bonchev–Trinajstić information content (AvgIpc) is 3.40. The number of rotatable bonds is 3. The SMILES string of the molecule is O=C([O-])c1ccccc1.O=C([O-])c1ccccc1.O=C([O-])c1ccccc1.[Ti+4].c1ccc2[cH-]ccc2c1. The number of carbonyl (C=O) groups excluding carboxylic acids is 3. The molecule has 0 N–H and O–H groups in total. The molecule has 6 nitrogen and oxygen atoms in total. The quantitative estimate of drug-likeness (QED) is 0.263. The fourth-order valence-electron chi connectivity index (χ4n) is 2.79. The van der Waals surface area contributed by atoms with Crippen molar-refractivity contribution in [2.75, 3.05) is 0 Å². The largest absolute Gasteiger partial charge is 4.00 e. The predicted octanol–water partition coefficient (Wildman–Crippen LogP) is 2.71. The van der Waals surface area contributed by atoms with E-state index in [1.54, 1.807) is 54.6 Å². The van der Waals surface area contributed by atoms with E-state index in [-0.39, 0.29) is 38.4 Å². The normalized spacial score (nSPS) is 8.97. The van der Waals surface area contributed by atoms with Gasteiger partial charge in [-0.05, 0) is 16.7 Å². The van der Waals surface area contributed by atoms with Gasteiger partial charge in [-0.25, -0.2) is 0 Å². The summed E-state index contributed by atoms with van der Waals surface area (Å²) in [6.45, 7) is 0. The summed E-state index contributed by atoms with van der Waals surface area (Å²) in [5, 5.41) is 32.9. The van der Waals surface area contributed by atoms with E-state index in [0.29, 0.717) is 0 Å². The first-order chi connectivity index (χ1) is 17.4. The molecular weight excluding hydrogens is 504 g/mol. The van der Waals surface area contributed by atoms with Gasteiger partial charge in [0, 0.05) is 0 Å². The molecule has 0 saturated carbocycles. The molecule has 7 heteroatoms. The second-order valence-corrected chi connectivity index (χ2v) is 7.12. The maximum Gasteiger partial charge on any atom is 4.00 e. The summed E-state index contributed by atoms with van der Waals surface area (Å²) in [5.41, 5.74) is 0.660. The molecule has 0 aliphatic rings. The molecule has 0 amide bonds. The van der Waals surface area contributed by atoms with Gasteiger partial charge in [0.1, 0.15) is 0 Å². The number of benzene rings is 4. The fraction of sp³-hybridized carbons (Fsp3) is 0. The van der Waals surface area contributed by atoms with E-state index in [1.165, 1.54) is 47.2 Å². The van der Waals surface area contributed by atoms with Crippen LogP contribution in [0.1, 0.15) is 31.1 Å². The maximum absolute atomic E-state index is 10.1. The van der Waals surface area contributed by atoms with Crippen LogP contribution in [-0.2, 0) is 21.7 Å². The molecule has 0 aliphatic carbocycles. The summed E-state index contributed by atoms with van der Waals surface area (Å²) in [5.74, 6) is -3.39. The minimum absolute atomic E-state index is 0. The van der Waals surface area contributed by atoms with Gasteiger partial charge >= 0.3 is 21.7 Å². The van der Waals surface area contributed by atoms with Gasteiger partial charge in [-0.15, -0.1) is 29.7 Å². The third-order valence-electron chi connectivity index (χ3n) is 4.58. The summed E-state index contributed by atoms with van der Waals surface area (Å²) in [6, 6.07) is 38.9. The maximum atomic E-state index is 10.1. The van der Waals surface area contributed by atoms with Crippen molar-refractivity contribution in [1.29, 1.82) is 0 Å². The fourth-order valence-corrected chi connectivity index (χ4v) is 2.79. The van der Waals surface area contributed by atoms with Crippen LogP contribution in [0.5, 0.6) is 0 Å². The van der Waals surface area contributed by atoms with Crippen LogP contribution in [0, 0.1) is 0 Å². The molecule has 0 radical (unpaired) electrons. The molecule has 0 atom stereocenters. The zero-order valence-corrected chi connectivity index (χ0v) is 21.2. The van der Waals surface area contributed by atoms with E-state index in [1.807, 2.05) is 0 Å². The van der Waals surface area contributed by atoms with E-state index in [9.17, 15) is 29.7 Å². The molecule has 0 heterocycles. The topological polar surface area (TPSA) is 120 Å². The van der Waals surface area contributed by atoms with Crippen LogP contribution in [0.15, 0.2) is 133 Å². The third-order valence-corrected chi connectivity index (χ3v) is 4.58. The van der Waals surface area contributed by atoms with Crippen LogP contribution in [0.25, 0.3) is 10.8 Å². The molecule has 0 fully saturated rings. The van der Waals surface area contributed by atoms with Crippen LogP contribution >= 0.6 is 0 Å². The van der Waals surface area contributed by atoms with Gasteiger partial charge in [0.25, 0.3) is 0 Å². The molecule has 5 aromatic rings. The standard InChI is InChI=1S/C9H7.3C7H6O2.Ti/c1-2-5-9-7-3-6-8(9)4-1;3*8-7(9)6-4-2-1-3-5-6;/h1-7H;3*1-5H,(H,8,9);/q-1;;;;+4/p-3. The first-order valence-electron chi connectivity index (χ1n) is 10.8. The zero-order chi connectivity index (χ0) is 26.2. The Morgan fingerprint density at radius 3 is 1.08 bits per heavy atom. The number of aromatic carboxylic acids is 3. The Morgan fingerprint density at radius 2 is 0.784 bits per heavy atom. The van der Waals surface area contributed by atoms with Crippen molar-refractivity contribution in [2.45, 2.75) is 0 Å². The molecule has 37 heavy (non-hydrogen) atoms. The molecule has 0 bridgehead atoms. The summed E-state index contributed by atoms with van der Waals surface area (Å²) in [4.78, 5) is 30.3. The Balaban J connectivity index is 0.000000244. The van der Waals surface area contributed by atoms with E-state index in [2.05, 4.69) is 42.5 Å². The van der Waals surface area contributed by atoms with Crippen LogP contribution in [0.4, 0.5) is 0 Å². The minimum atomic E-state index is -1.13. The summed E-state index contributed by atoms with van der Waals surface area (Å²) in [6.07, 6.45) is 0. The Morgan fingerprint density at radius 1 is 0.459 bits per heavy atom. The van der Waals surface area contributed by atoms with Gasteiger partial charge in [0.2, 0.25) is 0 Å². The van der Waals surface area contributed by atoms with Crippen molar-refractivity contribution in [1.82, 2.24) is 0 Å². The van der Waals surface area contributed by atoms with Crippen LogP contribution in [0.2, 0.25) is 0 Å². The zero-order valence-electron chi connectivity index (χ0n) is 19.7. The number of carboxylic acid groups (broad SMARTS) is 3. The van der Waals surface area contributed by atoms with Crippen molar-refractivity contribution in [3.8, 4) is 0 Å². The molecule has 182 valence electrons. The van der Waals surface area contributed by atoms with E-state index >= 15 is 0 Å². The Hall–Kier alpha value is -4.39. The minimum Gasteiger partial charge on any atom is -0.545 e. The first-order valence-corrected chi connectivity index (χ1v) is 10.8. The molecule has 0 saturated heterocycles. The van der Waals surface area contributed by atoms with Crippen molar-refractivity contribution < 1.29 is 51.4 Å². The third kappa shape index (κ3) is 11.7. The van der Waals surface area contributed by atoms with Crippen LogP contribution in [0.3, 0.4) is 0 Å². The van der Waals surface area contributed by atoms with E-state index in [0.717, 1.165) is 0 Å². The number of hydrogen-bond donors (Lipinski definition) is 0. The van der Waals surface area contributed by atoms with Gasteiger partial charge < -0.3 is 29.7 Å². The van der Waals surface area contributed by atoms with Crippen molar-refractivity contribution in [2.24, 2.45) is 0 Å². The molecule has 5 aromatic carbocycles. The summed E-state index contributed by atoms with van der Waals surface area (Å²) < 4.78 is 0. The molecule has 0 aromatic heterocycles. The van der Waals surface area contributed by atoms with E-state index in [4.69, 9.17) is 0 Å². The van der Waals surface area contributed by atoms with Crippen LogP contribution in [-0.4, -0.2) is 17.9 Å². The Labute approximate surface area is 229 Å². The average molecular weight is 526 g/mol. The number of hydrogen-bond acceptors (Lipinski definition) is 6. The van der Waals surface area contributed by atoms with Crippen molar-refractivity contribution in [3.05, 3.63) is 150 Å². The van der Waals surface area contributed by atoms with Gasteiger partial charge in [0.15, 0.2) is 0 Å². The smallest absolute Gasteiger partial charge is 0.545 e. The van der Waals surface area contributed by atoms with Gasteiger partial charge in [-0.1, -0.05) is 97.1 Å². The second-order valence-electron chi connectivity index (χ2n) is 7.12.